The van der Waals surface area contributed by atoms with Crippen molar-refractivity contribution in [3.05, 3.63) is 39.5 Å². The molecule has 2 aromatic rings. The van der Waals surface area contributed by atoms with Crippen LogP contribution in [-0.2, 0) is 0 Å². The maximum Gasteiger partial charge on any atom is 0.208 e. The molecule has 1 aromatic heterocycles. The van der Waals surface area contributed by atoms with Crippen LogP contribution in [0.3, 0.4) is 0 Å². The zero-order valence-electron chi connectivity index (χ0n) is 9.00. The number of nitrogens with zero attached hydrogens (tertiary/aromatic N) is 1. The molecule has 1 N–H and O–H groups in total. The monoisotopic (exact) mass is 230 g/mol. The molecule has 0 spiro atoms. The number of aromatic amines is 1. The molecule has 0 aliphatic heterocycles. The molecule has 0 radical (unpaired) electrons. The molecule has 0 saturated carbocycles. The highest BCUT2D eigenvalue weighted by Crippen LogP contribution is 2.19. The Bertz CT molecular complexity index is 652. The molecule has 1 aromatic carbocycles. The fourth-order valence-electron chi connectivity index (χ4n) is 1.63. The summed E-state index contributed by atoms with van der Waals surface area (Å²) in [5.41, 5.74) is 1.80. The van der Waals surface area contributed by atoms with Gasteiger partial charge >= 0.3 is 0 Å². The van der Waals surface area contributed by atoms with Crippen molar-refractivity contribution < 1.29 is 0 Å². The van der Waals surface area contributed by atoms with Gasteiger partial charge in [-0.1, -0.05) is 11.6 Å². The summed E-state index contributed by atoms with van der Waals surface area (Å²) < 4.78 is 0. The van der Waals surface area contributed by atoms with Gasteiger partial charge < -0.3 is 4.98 Å². The number of benzene rings is 1. The molecule has 0 atom stereocenters. The Kier molecular flexibility index (Phi) is 2.71. The van der Waals surface area contributed by atoms with E-state index in [9.17, 15) is 4.79 Å². The van der Waals surface area contributed by atoms with Crippen molar-refractivity contribution in [1.29, 1.82) is 5.26 Å². The Morgan fingerprint density at radius 1 is 1.44 bits per heavy atom. The highest BCUT2D eigenvalue weighted by atomic mass is 32.2. The molecule has 0 saturated heterocycles. The third-order valence-corrected chi connectivity index (χ3v) is 3.15. The first-order chi connectivity index (χ1) is 7.67. The second-order valence-electron chi connectivity index (χ2n) is 3.52. The fraction of sp³-hybridized carbons (Fsp3) is 0.167. The average Bonchev–Trinajstić information content (AvgIpc) is 2.29. The smallest absolute Gasteiger partial charge is 0.208 e. The summed E-state index contributed by atoms with van der Waals surface area (Å²) >= 11 is 1.38. The van der Waals surface area contributed by atoms with E-state index in [1.165, 1.54) is 11.8 Å². The SMILES string of the molecule is CSc1[nH]c2ccc(C)cc2c(=O)c1C#N. The van der Waals surface area contributed by atoms with E-state index in [0.29, 0.717) is 10.4 Å². The summed E-state index contributed by atoms with van der Waals surface area (Å²) in [5.74, 6) is 0. The van der Waals surface area contributed by atoms with Crippen molar-refractivity contribution in [2.45, 2.75) is 11.9 Å². The third-order valence-electron chi connectivity index (χ3n) is 2.44. The Balaban J connectivity index is 2.95. The van der Waals surface area contributed by atoms with Gasteiger partial charge in [0.2, 0.25) is 5.43 Å². The van der Waals surface area contributed by atoms with Gasteiger partial charge in [-0.15, -0.1) is 11.8 Å². The number of hydrogen-bond acceptors (Lipinski definition) is 3. The minimum Gasteiger partial charge on any atom is -0.348 e. The van der Waals surface area contributed by atoms with Crippen LogP contribution in [0.25, 0.3) is 10.9 Å². The molecule has 0 amide bonds. The number of rotatable bonds is 1. The van der Waals surface area contributed by atoms with Crippen molar-refractivity contribution in [2.75, 3.05) is 6.26 Å². The minimum absolute atomic E-state index is 0.190. The summed E-state index contributed by atoms with van der Waals surface area (Å²) in [4.78, 5) is 15.1. The van der Waals surface area contributed by atoms with Gasteiger partial charge in [-0.2, -0.15) is 5.26 Å². The summed E-state index contributed by atoms with van der Waals surface area (Å²) in [6.45, 7) is 1.92. The summed E-state index contributed by atoms with van der Waals surface area (Å²) in [6, 6.07) is 7.57. The van der Waals surface area contributed by atoms with Gasteiger partial charge in [-0.05, 0) is 25.3 Å². The van der Waals surface area contributed by atoms with Crippen LogP contribution in [0.15, 0.2) is 28.0 Å². The predicted molar refractivity (Wildman–Crippen MR) is 65.8 cm³/mol. The molecule has 0 aliphatic rings. The van der Waals surface area contributed by atoms with Gasteiger partial charge in [-0.25, -0.2) is 0 Å². The third kappa shape index (κ3) is 1.59. The largest absolute Gasteiger partial charge is 0.348 e. The van der Waals surface area contributed by atoms with E-state index < -0.39 is 0 Å². The minimum atomic E-state index is -0.190. The van der Waals surface area contributed by atoms with Crippen LogP contribution in [0, 0.1) is 18.3 Å². The Hall–Kier alpha value is -1.73. The van der Waals surface area contributed by atoms with Crippen molar-refractivity contribution in [1.82, 2.24) is 4.98 Å². The molecule has 16 heavy (non-hydrogen) atoms. The van der Waals surface area contributed by atoms with E-state index >= 15 is 0 Å². The van der Waals surface area contributed by atoms with Gasteiger partial charge in [0.05, 0.1) is 10.5 Å². The lowest BCUT2D eigenvalue weighted by Gasteiger charge is -2.04. The van der Waals surface area contributed by atoms with Crippen molar-refractivity contribution in [3.8, 4) is 6.07 Å². The number of H-pyrrole nitrogens is 1. The summed E-state index contributed by atoms with van der Waals surface area (Å²) in [5, 5.41) is 10.2. The standard InChI is InChI=1S/C12H10N2OS/c1-7-3-4-10-8(5-7)11(15)9(6-13)12(14-10)16-2/h3-5H,1-2H3,(H,14,15). The molecule has 2 rings (SSSR count). The van der Waals surface area contributed by atoms with Crippen LogP contribution in [0.1, 0.15) is 11.1 Å². The highest BCUT2D eigenvalue weighted by Gasteiger charge is 2.10. The Morgan fingerprint density at radius 3 is 2.81 bits per heavy atom. The number of aromatic nitrogens is 1. The van der Waals surface area contributed by atoms with Crippen LogP contribution in [0.4, 0.5) is 0 Å². The molecule has 80 valence electrons. The lowest BCUT2D eigenvalue weighted by Crippen LogP contribution is -2.09. The highest BCUT2D eigenvalue weighted by molar-refractivity contribution is 7.98. The van der Waals surface area contributed by atoms with Crippen LogP contribution < -0.4 is 5.43 Å². The molecule has 3 nitrogen and oxygen atoms in total. The normalized spacial score (nSPS) is 10.3. The molecular weight excluding hydrogens is 220 g/mol. The fourth-order valence-corrected chi connectivity index (χ4v) is 2.19. The maximum absolute atomic E-state index is 12.0. The molecule has 0 aliphatic carbocycles. The Morgan fingerprint density at radius 2 is 2.19 bits per heavy atom. The molecule has 0 bridgehead atoms. The van der Waals surface area contributed by atoms with Gasteiger partial charge in [-0.3, -0.25) is 4.79 Å². The number of hydrogen-bond donors (Lipinski definition) is 1. The first-order valence-electron chi connectivity index (χ1n) is 4.78. The van der Waals surface area contributed by atoms with Gasteiger partial charge in [0.25, 0.3) is 0 Å². The molecule has 0 fully saturated rings. The lowest BCUT2D eigenvalue weighted by molar-refractivity contribution is 1.15. The number of pyridine rings is 1. The average molecular weight is 230 g/mol. The second kappa shape index (κ2) is 4.03. The molecule has 0 unspecified atom stereocenters. The van der Waals surface area contributed by atoms with Crippen LogP contribution in [0.5, 0.6) is 0 Å². The number of nitrogens with one attached hydrogen (secondary N) is 1. The van der Waals surface area contributed by atoms with E-state index in [-0.39, 0.29) is 11.0 Å². The first kappa shape index (κ1) is 10.8. The zero-order valence-corrected chi connectivity index (χ0v) is 9.81. The topological polar surface area (TPSA) is 56.6 Å². The van der Waals surface area contributed by atoms with Crippen LogP contribution in [0.2, 0.25) is 0 Å². The van der Waals surface area contributed by atoms with Crippen LogP contribution >= 0.6 is 11.8 Å². The quantitative estimate of drug-likeness (QED) is 0.765. The van der Waals surface area contributed by atoms with Crippen molar-refractivity contribution in [3.63, 3.8) is 0 Å². The van der Waals surface area contributed by atoms with Crippen molar-refractivity contribution >= 4 is 22.7 Å². The maximum atomic E-state index is 12.0. The van der Waals surface area contributed by atoms with E-state index in [4.69, 9.17) is 5.26 Å². The number of fused-ring (bicyclic) bond motifs is 1. The number of aryl methyl sites for hydroxylation is 1. The van der Waals surface area contributed by atoms with Crippen molar-refractivity contribution in [2.24, 2.45) is 0 Å². The van der Waals surface area contributed by atoms with E-state index in [0.717, 1.165) is 11.1 Å². The van der Waals surface area contributed by atoms with Crippen LogP contribution in [-0.4, -0.2) is 11.2 Å². The zero-order chi connectivity index (χ0) is 11.7. The Labute approximate surface area is 97.1 Å². The molecular formula is C12H10N2OS. The van der Waals surface area contributed by atoms with Gasteiger partial charge in [0, 0.05) is 5.39 Å². The first-order valence-corrected chi connectivity index (χ1v) is 6.00. The van der Waals surface area contributed by atoms with E-state index in [1.54, 1.807) is 6.07 Å². The molecule has 1 heterocycles. The second-order valence-corrected chi connectivity index (χ2v) is 4.34. The lowest BCUT2D eigenvalue weighted by atomic mass is 10.1. The predicted octanol–water partition coefficient (Wildman–Crippen LogP) is 2.43. The van der Waals surface area contributed by atoms with E-state index in [2.05, 4.69) is 4.98 Å². The molecule has 4 heteroatoms. The van der Waals surface area contributed by atoms with E-state index in [1.807, 2.05) is 31.4 Å². The van der Waals surface area contributed by atoms with Gasteiger partial charge in [0.1, 0.15) is 11.6 Å². The summed E-state index contributed by atoms with van der Waals surface area (Å²) in [6.07, 6.45) is 1.84. The summed E-state index contributed by atoms with van der Waals surface area (Å²) in [7, 11) is 0. The number of nitriles is 1. The number of thioether (sulfide) groups is 1. The van der Waals surface area contributed by atoms with Gasteiger partial charge in [0.15, 0.2) is 0 Å².